The van der Waals surface area contributed by atoms with Crippen LogP contribution in [0.25, 0.3) is 5.69 Å². The first-order valence-corrected chi connectivity index (χ1v) is 12.0. The van der Waals surface area contributed by atoms with E-state index in [-0.39, 0.29) is 0 Å². The molecule has 1 aromatic heterocycles. The summed E-state index contributed by atoms with van der Waals surface area (Å²) in [5.74, 6) is 0.891. The fraction of sp³-hybridized carbons (Fsp3) is 0.407. The van der Waals surface area contributed by atoms with Gasteiger partial charge in [-0.1, -0.05) is 48.5 Å². The van der Waals surface area contributed by atoms with Crippen LogP contribution in [0.5, 0.6) is 0 Å². The summed E-state index contributed by atoms with van der Waals surface area (Å²) >= 11 is 0. The van der Waals surface area contributed by atoms with Gasteiger partial charge in [-0.15, -0.1) is 0 Å². The minimum absolute atomic E-state index is 0.445. The van der Waals surface area contributed by atoms with Gasteiger partial charge in [-0.25, -0.2) is 9.67 Å². The average Bonchev–Trinajstić information content (AvgIpc) is 3.17. The zero-order chi connectivity index (χ0) is 23.0. The molecule has 6 heteroatoms. The van der Waals surface area contributed by atoms with Crippen molar-refractivity contribution < 1.29 is 0 Å². The molecular weight excluding hydrogens is 408 g/mol. The van der Waals surface area contributed by atoms with Gasteiger partial charge in [-0.3, -0.25) is 4.90 Å². The van der Waals surface area contributed by atoms with Crippen molar-refractivity contribution in [2.45, 2.75) is 52.7 Å². The number of rotatable bonds is 7. The molecule has 0 atom stereocenters. The number of nitrogens with zero attached hydrogens (tertiary/aromatic N) is 4. The van der Waals surface area contributed by atoms with Crippen LogP contribution in [0.3, 0.4) is 0 Å². The number of benzene rings is 2. The highest BCUT2D eigenvalue weighted by Crippen LogP contribution is 2.18. The van der Waals surface area contributed by atoms with Crippen molar-refractivity contribution >= 4 is 5.96 Å². The molecule has 0 unspecified atom stereocenters. The monoisotopic (exact) mass is 444 g/mol. The summed E-state index contributed by atoms with van der Waals surface area (Å²) in [5, 5.41) is 11.8. The molecule has 2 aromatic carbocycles. The molecule has 0 spiro atoms. The van der Waals surface area contributed by atoms with Gasteiger partial charge in [0.25, 0.3) is 0 Å². The van der Waals surface area contributed by atoms with Crippen molar-refractivity contribution in [1.29, 1.82) is 0 Å². The van der Waals surface area contributed by atoms with Gasteiger partial charge in [0.05, 0.1) is 17.9 Å². The van der Waals surface area contributed by atoms with Crippen molar-refractivity contribution in [3.05, 3.63) is 83.2 Å². The Labute approximate surface area is 197 Å². The fourth-order valence-electron chi connectivity index (χ4n) is 4.48. The van der Waals surface area contributed by atoms with Crippen LogP contribution >= 0.6 is 0 Å². The summed E-state index contributed by atoms with van der Waals surface area (Å²) in [6, 6.07) is 21.7. The molecule has 0 aliphatic carbocycles. The van der Waals surface area contributed by atoms with Gasteiger partial charge in [-0.05, 0) is 56.9 Å². The van der Waals surface area contributed by atoms with Crippen molar-refractivity contribution in [1.82, 2.24) is 25.3 Å². The van der Waals surface area contributed by atoms with E-state index >= 15 is 0 Å². The molecule has 0 amide bonds. The highest BCUT2D eigenvalue weighted by Gasteiger charge is 2.20. The number of guanidine groups is 1. The smallest absolute Gasteiger partial charge is 0.191 e. The third kappa shape index (κ3) is 6.23. The van der Waals surface area contributed by atoms with Crippen LogP contribution in [0.2, 0.25) is 0 Å². The van der Waals surface area contributed by atoms with Crippen molar-refractivity contribution in [3.8, 4) is 5.69 Å². The van der Waals surface area contributed by atoms with E-state index in [9.17, 15) is 0 Å². The summed E-state index contributed by atoms with van der Waals surface area (Å²) in [5.41, 5.74) is 5.81. The van der Waals surface area contributed by atoms with Gasteiger partial charge < -0.3 is 10.6 Å². The van der Waals surface area contributed by atoms with Crippen molar-refractivity contribution in [2.24, 2.45) is 4.99 Å². The quantitative estimate of drug-likeness (QED) is 0.423. The highest BCUT2D eigenvalue weighted by molar-refractivity contribution is 5.80. The lowest BCUT2D eigenvalue weighted by atomic mass is 10.0. The Morgan fingerprint density at radius 1 is 1.03 bits per heavy atom. The summed E-state index contributed by atoms with van der Waals surface area (Å²) in [7, 11) is 0. The molecule has 1 aliphatic heterocycles. The minimum Gasteiger partial charge on any atom is -0.357 e. The van der Waals surface area contributed by atoms with Crippen LogP contribution in [0.15, 0.2) is 65.7 Å². The number of aliphatic imine (C=N–C) groups is 1. The first-order chi connectivity index (χ1) is 16.1. The first kappa shape index (κ1) is 23.1. The van der Waals surface area contributed by atoms with Crippen molar-refractivity contribution in [3.63, 3.8) is 0 Å². The Kier molecular flexibility index (Phi) is 7.79. The van der Waals surface area contributed by atoms with E-state index in [4.69, 9.17) is 4.99 Å². The molecule has 1 saturated heterocycles. The Balaban J connectivity index is 1.38. The average molecular weight is 445 g/mol. The van der Waals surface area contributed by atoms with Gasteiger partial charge in [0.1, 0.15) is 0 Å². The fourth-order valence-corrected chi connectivity index (χ4v) is 4.48. The van der Waals surface area contributed by atoms with Crippen LogP contribution < -0.4 is 10.6 Å². The Morgan fingerprint density at radius 3 is 2.45 bits per heavy atom. The summed E-state index contributed by atoms with van der Waals surface area (Å²) < 4.78 is 2.02. The lowest BCUT2D eigenvalue weighted by Crippen LogP contribution is -2.48. The number of nitrogens with one attached hydrogen (secondary N) is 2. The molecule has 0 saturated carbocycles. The second-order valence-corrected chi connectivity index (χ2v) is 8.84. The topological polar surface area (TPSA) is 57.5 Å². The van der Waals surface area contributed by atoms with Gasteiger partial charge in [0.15, 0.2) is 5.96 Å². The predicted octanol–water partition coefficient (Wildman–Crippen LogP) is 4.21. The Hall–Kier alpha value is -3.12. The number of likely N-dealkylation sites (tertiary alicyclic amines) is 1. The lowest BCUT2D eigenvalue weighted by molar-refractivity contribution is 0.198. The molecular formula is C27H36N6. The van der Waals surface area contributed by atoms with E-state index in [1.54, 1.807) is 0 Å². The van der Waals surface area contributed by atoms with Gasteiger partial charge >= 0.3 is 0 Å². The summed E-state index contributed by atoms with van der Waals surface area (Å²) in [6.45, 7) is 10.9. The zero-order valence-corrected chi connectivity index (χ0v) is 20.1. The second kappa shape index (κ2) is 11.1. The molecule has 4 rings (SSSR count). The third-order valence-corrected chi connectivity index (χ3v) is 6.16. The maximum absolute atomic E-state index is 4.93. The maximum atomic E-state index is 4.93. The standard InChI is InChI=1S/C27H36N6/c1-4-28-27(30-25-14-16-32(17-15-25)20-23-10-6-5-7-11-23)29-19-24-12-8-9-13-26(24)33-22(3)18-21(2)31-33/h5-13,18,25H,4,14-17,19-20H2,1-3H3,(H2,28,29,30). The summed E-state index contributed by atoms with van der Waals surface area (Å²) in [4.78, 5) is 7.47. The number of para-hydroxylation sites is 1. The number of hydrogen-bond donors (Lipinski definition) is 2. The number of hydrogen-bond acceptors (Lipinski definition) is 3. The highest BCUT2D eigenvalue weighted by atomic mass is 15.3. The minimum atomic E-state index is 0.445. The van der Waals surface area contributed by atoms with Crippen LogP contribution in [-0.4, -0.2) is 46.3 Å². The SMILES string of the molecule is CCNC(=NCc1ccccc1-n1nc(C)cc1C)NC1CCN(Cc2ccccc2)CC1. The lowest BCUT2D eigenvalue weighted by Gasteiger charge is -2.33. The van der Waals surface area contributed by atoms with E-state index in [1.807, 2.05) is 11.6 Å². The molecule has 1 fully saturated rings. The van der Waals surface area contributed by atoms with E-state index in [0.717, 1.165) is 62.1 Å². The zero-order valence-electron chi connectivity index (χ0n) is 20.1. The van der Waals surface area contributed by atoms with E-state index in [0.29, 0.717) is 12.6 Å². The van der Waals surface area contributed by atoms with Gasteiger partial charge in [-0.2, -0.15) is 5.10 Å². The molecule has 6 nitrogen and oxygen atoms in total. The van der Waals surface area contributed by atoms with Gasteiger partial charge in [0.2, 0.25) is 0 Å². The van der Waals surface area contributed by atoms with Crippen molar-refractivity contribution in [2.75, 3.05) is 19.6 Å². The molecule has 0 bridgehead atoms. The Bertz CT molecular complexity index is 1050. The first-order valence-electron chi connectivity index (χ1n) is 12.0. The molecule has 2 heterocycles. The van der Waals surface area contributed by atoms with E-state index in [2.05, 4.69) is 95.1 Å². The normalized spacial score (nSPS) is 15.5. The van der Waals surface area contributed by atoms with Crippen LogP contribution in [0.1, 0.15) is 42.3 Å². The molecule has 33 heavy (non-hydrogen) atoms. The largest absolute Gasteiger partial charge is 0.357 e. The van der Waals surface area contributed by atoms with Crippen LogP contribution in [-0.2, 0) is 13.1 Å². The van der Waals surface area contributed by atoms with Gasteiger partial charge in [0, 0.05) is 37.9 Å². The summed E-state index contributed by atoms with van der Waals surface area (Å²) in [6.07, 6.45) is 2.25. The molecule has 1 aliphatic rings. The molecule has 0 radical (unpaired) electrons. The maximum Gasteiger partial charge on any atom is 0.191 e. The van der Waals surface area contributed by atoms with Crippen LogP contribution in [0.4, 0.5) is 0 Å². The second-order valence-electron chi connectivity index (χ2n) is 8.84. The van der Waals surface area contributed by atoms with E-state index in [1.165, 1.54) is 11.1 Å². The number of aromatic nitrogens is 2. The molecule has 2 N–H and O–H groups in total. The third-order valence-electron chi connectivity index (χ3n) is 6.16. The number of piperidine rings is 1. The Morgan fingerprint density at radius 2 is 1.76 bits per heavy atom. The van der Waals surface area contributed by atoms with Crippen LogP contribution in [0, 0.1) is 13.8 Å². The number of aryl methyl sites for hydroxylation is 2. The van der Waals surface area contributed by atoms with E-state index < -0.39 is 0 Å². The molecule has 174 valence electrons. The molecule has 3 aromatic rings. The predicted molar refractivity (Wildman–Crippen MR) is 136 cm³/mol.